The van der Waals surface area contributed by atoms with Crippen molar-refractivity contribution in [3.8, 4) is 0 Å². The number of thioether (sulfide) groups is 1. The molecule has 0 aliphatic carbocycles. The number of likely N-dealkylation sites (N-methyl/N-ethyl adjacent to an activating group) is 1. The maximum absolute atomic E-state index is 12.0. The third-order valence-electron chi connectivity index (χ3n) is 3.40. The van der Waals surface area contributed by atoms with Crippen molar-refractivity contribution in [1.29, 1.82) is 0 Å². The first kappa shape index (κ1) is 12.7. The molecule has 0 saturated carbocycles. The third kappa shape index (κ3) is 3.13. The molecular formula is C11H19N3O2S. The first-order valence-corrected chi connectivity index (χ1v) is 7.16. The fourth-order valence-electron chi connectivity index (χ4n) is 2.21. The number of carbonyl (C=O) groups is 2. The molecule has 2 saturated heterocycles. The molecular weight excluding hydrogens is 238 g/mol. The van der Waals surface area contributed by atoms with Crippen LogP contribution in [0.3, 0.4) is 0 Å². The molecule has 0 spiro atoms. The average Bonchev–Trinajstić information content (AvgIpc) is 2.75. The lowest BCUT2D eigenvalue weighted by Crippen LogP contribution is -2.47. The van der Waals surface area contributed by atoms with Gasteiger partial charge in [-0.05, 0) is 25.9 Å². The number of nitrogens with one attached hydrogen (secondary N) is 1. The van der Waals surface area contributed by atoms with E-state index in [1.165, 1.54) is 0 Å². The monoisotopic (exact) mass is 257 g/mol. The highest BCUT2D eigenvalue weighted by atomic mass is 32.2. The minimum Gasteiger partial charge on any atom is -0.341 e. The molecule has 0 aromatic heterocycles. The van der Waals surface area contributed by atoms with Gasteiger partial charge in [-0.1, -0.05) is 0 Å². The number of carbonyl (C=O) groups excluding carboxylic acids is 2. The minimum absolute atomic E-state index is 0.0627. The van der Waals surface area contributed by atoms with Gasteiger partial charge >= 0.3 is 0 Å². The Balaban J connectivity index is 1.83. The molecule has 2 aliphatic rings. The lowest BCUT2D eigenvalue weighted by atomic mass is 10.1. The van der Waals surface area contributed by atoms with E-state index in [1.807, 2.05) is 11.9 Å². The second kappa shape index (κ2) is 5.73. The van der Waals surface area contributed by atoms with Crippen LogP contribution in [0.25, 0.3) is 0 Å². The molecule has 6 heteroatoms. The molecule has 2 aliphatic heterocycles. The van der Waals surface area contributed by atoms with E-state index in [-0.39, 0.29) is 18.4 Å². The molecule has 17 heavy (non-hydrogen) atoms. The zero-order chi connectivity index (χ0) is 12.3. The molecule has 2 amide bonds. The minimum atomic E-state index is 0.0627. The summed E-state index contributed by atoms with van der Waals surface area (Å²) < 4.78 is 0. The molecule has 2 rings (SSSR count). The van der Waals surface area contributed by atoms with E-state index < -0.39 is 0 Å². The molecule has 5 nitrogen and oxygen atoms in total. The van der Waals surface area contributed by atoms with Gasteiger partial charge in [0.25, 0.3) is 0 Å². The summed E-state index contributed by atoms with van der Waals surface area (Å²) in [5.41, 5.74) is 0. The summed E-state index contributed by atoms with van der Waals surface area (Å²) >= 11 is 1.58. The first-order valence-electron chi connectivity index (χ1n) is 6.00. The summed E-state index contributed by atoms with van der Waals surface area (Å²) in [6, 6.07) is 0.328. The Morgan fingerprint density at radius 3 is 2.82 bits per heavy atom. The Kier molecular flexibility index (Phi) is 4.28. The van der Waals surface area contributed by atoms with Crippen molar-refractivity contribution in [3.63, 3.8) is 0 Å². The maximum atomic E-state index is 12.0. The van der Waals surface area contributed by atoms with Crippen molar-refractivity contribution in [1.82, 2.24) is 15.1 Å². The lowest BCUT2D eigenvalue weighted by Gasteiger charge is -2.32. The second-order valence-corrected chi connectivity index (χ2v) is 5.51. The van der Waals surface area contributed by atoms with Crippen LogP contribution < -0.4 is 5.32 Å². The molecule has 0 radical (unpaired) electrons. The van der Waals surface area contributed by atoms with Crippen LogP contribution in [0.2, 0.25) is 0 Å². The molecule has 2 heterocycles. The zero-order valence-corrected chi connectivity index (χ0v) is 11.0. The quantitative estimate of drug-likeness (QED) is 0.756. The summed E-state index contributed by atoms with van der Waals surface area (Å²) in [5, 5.41) is 3.28. The van der Waals surface area contributed by atoms with Crippen LogP contribution in [0.5, 0.6) is 0 Å². The zero-order valence-electron chi connectivity index (χ0n) is 10.1. The van der Waals surface area contributed by atoms with E-state index in [0.717, 1.165) is 25.9 Å². The fourth-order valence-corrected chi connectivity index (χ4v) is 3.12. The van der Waals surface area contributed by atoms with Gasteiger partial charge in [0, 0.05) is 13.1 Å². The highest BCUT2D eigenvalue weighted by molar-refractivity contribution is 8.00. The number of hydrogen-bond acceptors (Lipinski definition) is 4. The van der Waals surface area contributed by atoms with Crippen molar-refractivity contribution in [2.75, 3.05) is 38.3 Å². The van der Waals surface area contributed by atoms with Gasteiger partial charge in [0.1, 0.15) is 6.54 Å². The Bertz CT molecular complexity index is 305. The third-order valence-corrected chi connectivity index (χ3v) is 4.35. The van der Waals surface area contributed by atoms with Crippen molar-refractivity contribution in [2.45, 2.75) is 18.9 Å². The van der Waals surface area contributed by atoms with Crippen molar-refractivity contribution in [3.05, 3.63) is 0 Å². The van der Waals surface area contributed by atoms with Crippen LogP contribution in [-0.2, 0) is 9.59 Å². The number of nitrogens with zero attached hydrogens (tertiary/aromatic N) is 2. The molecule has 0 atom stereocenters. The van der Waals surface area contributed by atoms with Crippen molar-refractivity contribution in [2.24, 2.45) is 0 Å². The van der Waals surface area contributed by atoms with Gasteiger partial charge in [0.05, 0.1) is 11.6 Å². The summed E-state index contributed by atoms with van der Waals surface area (Å²) in [7, 11) is 1.85. The van der Waals surface area contributed by atoms with Gasteiger partial charge in [-0.3, -0.25) is 9.59 Å². The van der Waals surface area contributed by atoms with E-state index in [2.05, 4.69) is 5.32 Å². The number of amides is 2. The first-order chi connectivity index (χ1) is 8.18. The summed E-state index contributed by atoms with van der Waals surface area (Å²) in [4.78, 5) is 26.9. The van der Waals surface area contributed by atoms with Crippen LogP contribution in [0.1, 0.15) is 12.8 Å². The number of rotatable bonds is 3. The van der Waals surface area contributed by atoms with E-state index in [9.17, 15) is 9.59 Å². The van der Waals surface area contributed by atoms with E-state index >= 15 is 0 Å². The maximum Gasteiger partial charge on any atom is 0.242 e. The Hall–Kier alpha value is -0.750. The Morgan fingerprint density at radius 1 is 1.53 bits per heavy atom. The number of hydrogen-bond donors (Lipinski definition) is 1. The summed E-state index contributed by atoms with van der Waals surface area (Å²) in [6.07, 6.45) is 2.01. The van der Waals surface area contributed by atoms with Crippen LogP contribution in [0.15, 0.2) is 0 Å². The summed E-state index contributed by atoms with van der Waals surface area (Å²) in [6.45, 7) is 2.19. The molecule has 0 aromatic carbocycles. The van der Waals surface area contributed by atoms with Gasteiger partial charge < -0.3 is 15.1 Å². The standard InChI is InChI=1S/C11H19N3O2S/c1-13(9-2-4-12-5-3-9)10(15)6-14-8-17-7-11(14)16/h9,12H,2-8H2,1H3. The highest BCUT2D eigenvalue weighted by Gasteiger charge is 2.27. The predicted molar refractivity (Wildman–Crippen MR) is 67.7 cm³/mol. The van der Waals surface area contributed by atoms with Crippen LogP contribution >= 0.6 is 11.8 Å². The lowest BCUT2D eigenvalue weighted by molar-refractivity contribution is -0.138. The van der Waals surface area contributed by atoms with Gasteiger partial charge in [-0.25, -0.2) is 0 Å². The van der Waals surface area contributed by atoms with E-state index in [4.69, 9.17) is 0 Å². The van der Waals surface area contributed by atoms with Crippen LogP contribution in [0, 0.1) is 0 Å². The fraction of sp³-hybridized carbons (Fsp3) is 0.818. The molecule has 0 bridgehead atoms. The molecule has 0 unspecified atom stereocenters. The van der Waals surface area contributed by atoms with Crippen molar-refractivity contribution < 1.29 is 9.59 Å². The highest BCUT2D eigenvalue weighted by Crippen LogP contribution is 2.16. The van der Waals surface area contributed by atoms with E-state index in [0.29, 0.717) is 17.7 Å². The number of piperidine rings is 1. The molecule has 0 aromatic rings. The van der Waals surface area contributed by atoms with E-state index in [1.54, 1.807) is 16.7 Å². The normalized spacial score (nSPS) is 21.9. The summed E-state index contributed by atoms with van der Waals surface area (Å²) in [5.74, 6) is 1.32. The van der Waals surface area contributed by atoms with Crippen molar-refractivity contribution >= 4 is 23.6 Å². The molecule has 96 valence electrons. The predicted octanol–water partition coefficient (Wildman–Crippen LogP) is -0.270. The smallest absolute Gasteiger partial charge is 0.242 e. The Morgan fingerprint density at radius 2 is 2.24 bits per heavy atom. The second-order valence-electron chi connectivity index (χ2n) is 4.56. The molecule has 2 fully saturated rings. The van der Waals surface area contributed by atoms with Gasteiger partial charge in [0.15, 0.2) is 0 Å². The van der Waals surface area contributed by atoms with Crippen LogP contribution in [0.4, 0.5) is 0 Å². The van der Waals surface area contributed by atoms with Crippen LogP contribution in [-0.4, -0.2) is 66.0 Å². The van der Waals surface area contributed by atoms with Gasteiger partial charge in [-0.2, -0.15) is 0 Å². The Labute approximate surface area is 106 Å². The van der Waals surface area contributed by atoms with Gasteiger partial charge in [-0.15, -0.1) is 11.8 Å². The SMILES string of the molecule is CN(C(=O)CN1CSCC1=O)C1CCNCC1. The largest absolute Gasteiger partial charge is 0.341 e. The average molecular weight is 257 g/mol. The van der Waals surface area contributed by atoms with Gasteiger partial charge in [0.2, 0.25) is 11.8 Å². The molecule has 1 N–H and O–H groups in total. The topological polar surface area (TPSA) is 52.7 Å².